The van der Waals surface area contributed by atoms with E-state index >= 15 is 0 Å². The highest BCUT2D eigenvalue weighted by Gasteiger charge is 2.44. The molecule has 0 aromatic carbocycles. The van der Waals surface area contributed by atoms with Gasteiger partial charge in [-0.15, -0.1) is 0 Å². The minimum Gasteiger partial charge on any atom is -0.369 e. The zero-order valence-electron chi connectivity index (χ0n) is 18.5. The number of carbonyl (C=O) groups is 1. The number of anilines is 1. The van der Waals surface area contributed by atoms with Crippen LogP contribution in [0.25, 0.3) is 0 Å². The van der Waals surface area contributed by atoms with E-state index in [1.807, 2.05) is 36.1 Å². The minimum absolute atomic E-state index is 0.170. The second-order valence-corrected chi connectivity index (χ2v) is 8.64. The number of nitrogens with one attached hydrogen (secondary N) is 3. The second-order valence-electron chi connectivity index (χ2n) is 8.64. The summed E-state index contributed by atoms with van der Waals surface area (Å²) in [5, 5.41) is 10.3. The predicted molar refractivity (Wildman–Crippen MR) is 126 cm³/mol. The van der Waals surface area contributed by atoms with Gasteiger partial charge in [-0.25, -0.2) is 9.98 Å². The van der Waals surface area contributed by atoms with E-state index in [1.165, 1.54) is 12.8 Å². The van der Waals surface area contributed by atoms with Gasteiger partial charge in [-0.1, -0.05) is 6.07 Å². The molecule has 0 radical (unpaired) electrons. The Morgan fingerprint density at radius 2 is 2.18 bits per heavy atom. The number of aromatic nitrogens is 4. The Kier molecular flexibility index (Phi) is 5.41. The second kappa shape index (κ2) is 8.53. The topological polar surface area (TPSA) is 140 Å². The highest BCUT2D eigenvalue weighted by Crippen LogP contribution is 2.39. The van der Waals surface area contributed by atoms with Crippen LogP contribution in [-0.2, 0) is 4.79 Å². The molecule has 5 rings (SSSR count). The third kappa shape index (κ3) is 4.36. The Bertz CT molecular complexity index is 1180. The van der Waals surface area contributed by atoms with Crippen molar-refractivity contribution in [2.45, 2.75) is 44.1 Å². The van der Waals surface area contributed by atoms with Crippen LogP contribution in [0.2, 0.25) is 0 Å². The van der Waals surface area contributed by atoms with Gasteiger partial charge in [0.05, 0.1) is 5.69 Å². The number of amidine groups is 1. The number of carbonyl (C=O) groups excluding carboxylic acids is 1. The fourth-order valence-electron chi connectivity index (χ4n) is 4.13. The van der Waals surface area contributed by atoms with E-state index in [1.54, 1.807) is 24.5 Å². The van der Waals surface area contributed by atoms with Crippen LogP contribution >= 0.6 is 0 Å². The monoisotopic (exact) mass is 445 g/mol. The third-order valence-corrected chi connectivity index (χ3v) is 6.19. The van der Waals surface area contributed by atoms with E-state index in [0.29, 0.717) is 42.0 Å². The van der Waals surface area contributed by atoms with Gasteiger partial charge in [0.25, 0.3) is 5.91 Å². The number of aliphatic imine (C=N–C) groups is 2. The molecule has 0 unspecified atom stereocenters. The Morgan fingerprint density at radius 3 is 2.91 bits per heavy atom. The molecule has 1 aliphatic carbocycles. The van der Waals surface area contributed by atoms with E-state index in [4.69, 9.17) is 5.73 Å². The molecular formula is C23H27N9O. The quantitative estimate of drug-likeness (QED) is 0.353. The summed E-state index contributed by atoms with van der Waals surface area (Å²) in [6, 6.07) is 11.1. The van der Waals surface area contributed by atoms with Gasteiger partial charge in [-0.05, 0) is 56.9 Å². The van der Waals surface area contributed by atoms with Gasteiger partial charge >= 0.3 is 0 Å². The summed E-state index contributed by atoms with van der Waals surface area (Å²) in [7, 11) is 0. The van der Waals surface area contributed by atoms with Crippen molar-refractivity contribution in [3.05, 3.63) is 60.2 Å². The number of likely N-dealkylation sites (tertiary alicyclic amines) is 1. The summed E-state index contributed by atoms with van der Waals surface area (Å²) in [5.74, 6) is 2.08. The van der Waals surface area contributed by atoms with Crippen LogP contribution in [0.15, 0.2) is 58.8 Å². The summed E-state index contributed by atoms with van der Waals surface area (Å²) < 4.78 is 0. The lowest BCUT2D eigenvalue weighted by Crippen LogP contribution is -2.55. The van der Waals surface area contributed by atoms with Crippen LogP contribution in [0.4, 0.5) is 11.6 Å². The molecule has 0 spiro atoms. The molecule has 1 aliphatic heterocycles. The van der Waals surface area contributed by atoms with Crippen molar-refractivity contribution in [3.8, 4) is 0 Å². The van der Waals surface area contributed by atoms with E-state index in [9.17, 15) is 4.79 Å². The lowest BCUT2D eigenvalue weighted by atomic mass is 9.98. The molecule has 33 heavy (non-hydrogen) atoms. The average Bonchev–Trinajstić information content (AvgIpc) is 3.19. The van der Waals surface area contributed by atoms with Crippen molar-refractivity contribution < 1.29 is 4.79 Å². The van der Waals surface area contributed by atoms with Crippen LogP contribution in [0.1, 0.15) is 49.9 Å². The number of guanidine groups is 1. The van der Waals surface area contributed by atoms with Gasteiger partial charge in [-0.2, -0.15) is 10.1 Å². The molecule has 10 heteroatoms. The van der Waals surface area contributed by atoms with Crippen molar-refractivity contribution in [1.29, 1.82) is 0 Å². The predicted octanol–water partition coefficient (Wildman–Crippen LogP) is 2.90. The van der Waals surface area contributed by atoms with Crippen molar-refractivity contribution >= 4 is 29.3 Å². The molecule has 5 N–H and O–H groups in total. The molecule has 2 aliphatic rings. The summed E-state index contributed by atoms with van der Waals surface area (Å²) in [5.41, 5.74) is 7.43. The van der Waals surface area contributed by atoms with Gasteiger partial charge in [0.1, 0.15) is 11.4 Å². The Balaban J connectivity index is 1.42. The first-order chi connectivity index (χ1) is 16.0. The molecular weight excluding hydrogens is 418 g/mol. The molecule has 1 amide bonds. The molecule has 170 valence electrons. The number of H-pyrrole nitrogens is 2. The fourth-order valence-corrected chi connectivity index (χ4v) is 4.13. The normalized spacial score (nSPS) is 21.4. The zero-order chi connectivity index (χ0) is 22.8. The number of hydrogen-bond acceptors (Lipinski definition) is 4. The number of rotatable bonds is 5. The molecule has 1 saturated carbocycles. The molecule has 3 aromatic heterocycles. The summed E-state index contributed by atoms with van der Waals surface area (Å²) in [4.78, 5) is 31.6. The largest absolute Gasteiger partial charge is 0.369 e. The SMILES string of the molecule is C[C@@]1(C(=O)Nc2ccccn2)CCCN1C(N)=NC(=Nc1cc(C2CC2)[nH]n1)c1ccc[nH]1. The van der Waals surface area contributed by atoms with E-state index in [-0.39, 0.29) is 11.9 Å². The van der Waals surface area contributed by atoms with Gasteiger partial charge in [0, 0.05) is 36.6 Å². The van der Waals surface area contributed by atoms with E-state index in [2.05, 4.69) is 35.5 Å². The first-order valence-electron chi connectivity index (χ1n) is 11.1. The first-order valence-corrected chi connectivity index (χ1v) is 11.1. The number of pyridine rings is 1. The van der Waals surface area contributed by atoms with Crippen LogP contribution < -0.4 is 11.1 Å². The Labute approximate surface area is 191 Å². The zero-order valence-corrected chi connectivity index (χ0v) is 18.5. The fraction of sp³-hybridized carbons (Fsp3) is 0.348. The summed E-state index contributed by atoms with van der Waals surface area (Å²) in [6.45, 7) is 2.50. The maximum Gasteiger partial charge on any atom is 0.251 e. The highest BCUT2D eigenvalue weighted by molar-refractivity contribution is 6.07. The maximum atomic E-state index is 13.2. The number of amides is 1. The third-order valence-electron chi connectivity index (χ3n) is 6.19. The number of nitrogens with zero attached hydrogens (tertiary/aromatic N) is 5. The average molecular weight is 446 g/mol. The van der Waals surface area contributed by atoms with Gasteiger partial charge in [-0.3, -0.25) is 9.89 Å². The molecule has 0 bridgehead atoms. The lowest BCUT2D eigenvalue weighted by molar-refractivity contribution is -0.123. The van der Waals surface area contributed by atoms with E-state index in [0.717, 1.165) is 12.1 Å². The molecule has 1 atom stereocenters. The molecule has 2 fully saturated rings. The summed E-state index contributed by atoms with van der Waals surface area (Å²) in [6.07, 6.45) is 7.27. The lowest BCUT2D eigenvalue weighted by Gasteiger charge is -2.34. The Hall–Kier alpha value is -3.95. The van der Waals surface area contributed by atoms with Crippen molar-refractivity contribution in [2.24, 2.45) is 15.7 Å². The molecule has 1 saturated heterocycles. The van der Waals surface area contributed by atoms with E-state index < -0.39 is 5.54 Å². The van der Waals surface area contributed by atoms with Gasteiger partial charge in [0.2, 0.25) is 0 Å². The van der Waals surface area contributed by atoms with Crippen molar-refractivity contribution in [2.75, 3.05) is 11.9 Å². The highest BCUT2D eigenvalue weighted by atomic mass is 16.2. The summed E-state index contributed by atoms with van der Waals surface area (Å²) >= 11 is 0. The molecule has 10 nitrogen and oxygen atoms in total. The van der Waals surface area contributed by atoms with Crippen LogP contribution in [0.5, 0.6) is 0 Å². The first kappa shape index (κ1) is 20.9. The standard InChI is InChI=1S/C23H27N9O/c1-23(21(33)28-18-7-2-3-11-26-18)10-5-13-32(23)22(24)29-20(16-6-4-12-25-16)27-19-14-17(30-31-19)15-8-9-15/h2-4,6-7,11-12,14-15,25H,5,8-10,13H2,1H3,(H,26,28,33)(H3,24,27,29,30,31)/t23-/m0/s1. The van der Waals surface area contributed by atoms with Crippen LogP contribution in [-0.4, -0.2) is 54.9 Å². The maximum absolute atomic E-state index is 13.2. The minimum atomic E-state index is -0.850. The van der Waals surface area contributed by atoms with Crippen LogP contribution in [0.3, 0.4) is 0 Å². The molecule has 3 aromatic rings. The van der Waals surface area contributed by atoms with Crippen LogP contribution in [0, 0.1) is 0 Å². The number of hydrogen-bond donors (Lipinski definition) is 4. The van der Waals surface area contributed by atoms with Gasteiger partial charge in [0.15, 0.2) is 17.6 Å². The van der Waals surface area contributed by atoms with Crippen molar-refractivity contribution in [1.82, 2.24) is 25.1 Å². The molecule has 4 heterocycles. The smallest absolute Gasteiger partial charge is 0.251 e. The number of aromatic amines is 2. The number of nitrogens with two attached hydrogens (primary N) is 1. The van der Waals surface area contributed by atoms with Gasteiger partial charge < -0.3 is 20.9 Å². The van der Waals surface area contributed by atoms with Crippen molar-refractivity contribution in [3.63, 3.8) is 0 Å². The Morgan fingerprint density at radius 1 is 1.30 bits per heavy atom.